The standard InChI is InChI=1S/C13H13ClO4/c14-9-1-2-13(17)18-11-6-3-10(4-7-11)5-8-12(15)16/h3-8H,1-2,9H2,(H,15,16)/b8-5+. The minimum atomic E-state index is -1.01. The van der Waals surface area contributed by atoms with Crippen molar-refractivity contribution in [3.63, 3.8) is 0 Å². The molecule has 0 bridgehead atoms. The number of ether oxygens (including phenoxy) is 1. The molecular formula is C13H13ClO4. The molecule has 96 valence electrons. The first-order chi connectivity index (χ1) is 8.61. The molecule has 0 heterocycles. The predicted octanol–water partition coefficient (Wildman–Crippen LogP) is 2.71. The Bertz CT molecular complexity index is 437. The number of halogens is 1. The van der Waals surface area contributed by atoms with Gasteiger partial charge in [-0.25, -0.2) is 4.79 Å². The van der Waals surface area contributed by atoms with Crippen molar-refractivity contribution in [2.75, 3.05) is 5.88 Å². The Labute approximate surface area is 110 Å². The molecule has 0 radical (unpaired) electrons. The fourth-order valence-electron chi connectivity index (χ4n) is 1.21. The van der Waals surface area contributed by atoms with Crippen LogP contribution < -0.4 is 4.74 Å². The minimum absolute atomic E-state index is 0.282. The molecule has 0 fully saturated rings. The summed E-state index contributed by atoms with van der Waals surface area (Å²) in [5, 5.41) is 8.46. The lowest BCUT2D eigenvalue weighted by Crippen LogP contribution is -2.07. The highest BCUT2D eigenvalue weighted by atomic mass is 35.5. The molecule has 0 spiro atoms. The Kier molecular flexibility index (Phi) is 5.94. The summed E-state index contributed by atoms with van der Waals surface area (Å²) in [7, 11) is 0. The zero-order valence-corrected chi connectivity index (χ0v) is 10.4. The second-order valence-electron chi connectivity index (χ2n) is 3.51. The zero-order valence-electron chi connectivity index (χ0n) is 9.64. The molecule has 0 atom stereocenters. The fourth-order valence-corrected chi connectivity index (χ4v) is 1.34. The Balaban J connectivity index is 2.55. The Morgan fingerprint density at radius 2 is 1.94 bits per heavy atom. The van der Waals surface area contributed by atoms with Crippen molar-refractivity contribution in [3.8, 4) is 5.75 Å². The molecule has 1 N–H and O–H groups in total. The lowest BCUT2D eigenvalue weighted by Gasteiger charge is -2.03. The Morgan fingerprint density at radius 3 is 2.50 bits per heavy atom. The van der Waals surface area contributed by atoms with Gasteiger partial charge in [-0.15, -0.1) is 11.6 Å². The van der Waals surface area contributed by atoms with E-state index in [1.165, 1.54) is 6.08 Å². The topological polar surface area (TPSA) is 63.6 Å². The van der Waals surface area contributed by atoms with Crippen LogP contribution in [-0.2, 0) is 9.59 Å². The van der Waals surface area contributed by atoms with Gasteiger partial charge in [-0.3, -0.25) is 4.79 Å². The number of esters is 1. The summed E-state index contributed by atoms with van der Waals surface area (Å²) in [6.07, 6.45) is 3.37. The third-order valence-electron chi connectivity index (χ3n) is 2.04. The number of alkyl halides is 1. The minimum Gasteiger partial charge on any atom is -0.478 e. The fraction of sp³-hybridized carbons (Fsp3) is 0.231. The van der Waals surface area contributed by atoms with Gasteiger partial charge in [0.05, 0.1) is 0 Å². The van der Waals surface area contributed by atoms with Gasteiger partial charge in [0.1, 0.15) is 5.75 Å². The van der Waals surface area contributed by atoms with E-state index in [9.17, 15) is 9.59 Å². The smallest absolute Gasteiger partial charge is 0.328 e. The van der Waals surface area contributed by atoms with Crippen LogP contribution in [0.2, 0.25) is 0 Å². The van der Waals surface area contributed by atoms with Crippen molar-refractivity contribution in [2.45, 2.75) is 12.8 Å². The van der Waals surface area contributed by atoms with E-state index in [0.717, 1.165) is 11.6 Å². The molecule has 5 heteroatoms. The van der Waals surface area contributed by atoms with E-state index in [1.807, 2.05) is 0 Å². The molecule has 18 heavy (non-hydrogen) atoms. The first-order valence-corrected chi connectivity index (χ1v) is 5.93. The Hall–Kier alpha value is -1.81. The molecule has 4 nitrogen and oxygen atoms in total. The summed E-state index contributed by atoms with van der Waals surface area (Å²) < 4.78 is 5.06. The molecule has 1 aromatic rings. The van der Waals surface area contributed by atoms with E-state index in [-0.39, 0.29) is 12.4 Å². The monoisotopic (exact) mass is 268 g/mol. The second-order valence-corrected chi connectivity index (χ2v) is 3.89. The SMILES string of the molecule is O=C(O)/C=C/c1ccc(OC(=O)CCCCl)cc1. The van der Waals surface area contributed by atoms with Gasteiger partial charge in [0.15, 0.2) is 0 Å². The summed E-state index contributed by atoms with van der Waals surface area (Å²) >= 11 is 5.47. The van der Waals surface area contributed by atoms with Crippen molar-refractivity contribution in [1.82, 2.24) is 0 Å². The van der Waals surface area contributed by atoms with E-state index in [2.05, 4.69) is 0 Å². The number of benzene rings is 1. The highest BCUT2D eigenvalue weighted by Crippen LogP contribution is 2.14. The molecule has 1 rings (SSSR count). The number of hydrogen-bond donors (Lipinski definition) is 1. The van der Waals surface area contributed by atoms with Gasteiger partial charge >= 0.3 is 11.9 Å². The molecular weight excluding hydrogens is 256 g/mol. The highest BCUT2D eigenvalue weighted by Gasteiger charge is 2.03. The summed E-state index contributed by atoms with van der Waals surface area (Å²) in [5.74, 6) is -0.480. The van der Waals surface area contributed by atoms with Gasteiger partial charge in [-0.1, -0.05) is 12.1 Å². The van der Waals surface area contributed by atoms with Crippen LogP contribution in [0, 0.1) is 0 Å². The van der Waals surface area contributed by atoms with E-state index in [1.54, 1.807) is 24.3 Å². The number of hydrogen-bond acceptors (Lipinski definition) is 3. The highest BCUT2D eigenvalue weighted by molar-refractivity contribution is 6.17. The molecule has 0 saturated heterocycles. The van der Waals surface area contributed by atoms with Crippen molar-refractivity contribution in [3.05, 3.63) is 35.9 Å². The van der Waals surface area contributed by atoms with Gasteiger partial charge in [0, 0.05) is 18.4 Å². The largest absolute Gasteiger partial charge is 0.478 e. The van der Waals surface area contributed by atoms with Crippen molar-refractivity contribution in [1.29, 1.82) is 0 Å². The first-order valence-electron chi connectivity index (χ1n) is 5.39. The van der Waals surface area contributed by atoms with Gasteiger partial charge in [0.25, 0.3) is 0 Å². The van der Waals surface area contributed by atoms with Crippen molar-refractivity contribution < 1.29 is 19.4 Å². The predicted molar refractivity (Wildman–Crippen MR) is 68.7 cm³/mol. The molecule has 1 aromatic carbocycles. The normalized spacial score (nSPS) is 10.5. The van der Waals surface area contributed by atoms with Crippen LogP contribution >= 0.6 is 11.6 Å². The quantitative estimate of drug-likeness (QED) is 0.373. The first kappa shape index (κ1) is 14.3. The number of carboxylic acids is 1. The summed E-state index contributed by atoms with van der Waals surface area (Å²) in [5.41, 5.74) is 0.720. The van der Waals surface area contributed by atoms with Gasteiger partial charge in [-0.2, -0.15) is 0 Å². The van der Waals surface area contributed by atoms with Crippen molar-refractivity contribution >= 4 is 29.6 Å². The summed E-state index contributed by atoms with van der Waals surface area (Å²) in [6, 6.07) is 6.56. The lowest BCUT2D eigenvalue weighted by molar-refractivity contribution is -0.134. The van der Waals surface area contributed by atoms with Crippen molar-refractivity contribution in [2.24, 2.45) is 0 Å². The number of aliphatic carboxylic acids is 1. The van der Waals surface area contributed by atoms with E-state index < -0.39 is 5.97 Å². The molecule has 0 aromatic heterocycles. The van der Waals surface area contributed by atoms with Crippen LogP contribution in [0.4, 0.5) is 0 Å². The third kappa shape index (κ3) is 5.50. The van der Waals surface area contributed by atoms with Crippen LogP contribution in [0.15, 0.2) is 30.3 Å². The van der Waals surface area contributed by atoms with E-state index >= 15 is 0 Å². The van der Waals surface area contributed by atoms with Crippen LogP contribution in [0.3, 0.4) is 0 Å². The van der Waals surface area contributed by atoms with E-state index in [0.29, 0.717) is 18.1 Å². The molecule has 0 aliphatic rings. The van der Waals surface area contributed by atoms with Crippen LogP contribution in [0.25, 0.3) is 6.08 Å². The van der Waals surface area contributed by atoms with Gasteiger partial charge in [-0.05, 0) is 30.2 Å². The van der Waals surface area contributed by atoms with E-state index in [4.69, 9.17) is 21.4 Å². The van der Waals surface area contributed by atoms with Crippen LogP contribution in [-0.4, -0.2) is 22.9 Å². The molecule has 0 unspecified atom stereocenters. The van der Waals surface area contributed by atoms with Gasteiger partial charge < -0.3 is 9.84 Å². The number of carboxylic acid groups (broad SMARTS) is 1. The molecule has 0 saturated carbocycles. The lowest BCUT2D eigenvalue weighted by atomic mass is 10.2. The average Bonchev–Trinajstić information content (AvgIpc) is 2.35. The number of rotatable bonds is 6. The average molecular weight is 269 g/mol. The summed E-state index contributed by atoms with van der Waals surface area (Å²) in [4.78, 5) is 21.6. The summed E-state index contributed by atoms with van der Waals surface area (Å²) in [6.45, 7) is 0. The molecule has 0 aliphatic carbocycles. The molecule has 0 aliphatic heterocycles. The second kappa shape index (κ2) is 7.50. The number of carbonyl (C=O) groups is 2. The maximum absolute atomic E-state index is 11.3. The van der Waals surface area contributed by atoms with Crippen LogP contribution in [0.5, 0.6) is 5.75 Å². The third-order valence-corrected chi connectivity index (χ3v) is 2.31. The van der Waals surface area contributed by atoms with Crippen LogP contribution in [0.1, 0.15) is 18.4 Å². The maximum atomic E-state index is 11.3. The van der Waals surface area contributed by atoms with Gasteiger partial charge in [0.2, 0.25) is 0 Å². The Morgan fingerprint density at radius 1 is 1.28 bits per heavy atom. The number of carbonyl (C=O) groups excluding carboxylic acids is 1. The molecule has 0 amide bonds. The zero-order chi connectivity index (χ0) is 13.4. The maximum Gasteiger partial charge on any atom is 0.328 e.